The van der Waals surface area contributed by atoms with Gasteiger partial charge in [0.25, 0.3) is 0 Å². The Morgan fingerprint density at radius 1 is 0.528 bits per heavy atom. The van der Waals surface area contributed by atoms with Crippen molar-refractivity contribution in [1.29, 1.82) is 0 Å². The Hall–Kier alpha value is -7.25. The lowest BCUT2D eigenvalue weighted by molar-refractivity contribution is 0.508. The van der Waals surface area contributed by atoms with Crippen molar-refractivity contribution in [3.05, 3.63) is 164 Å². The molecule has 0 fully saturated rings. The van der Waals surface area contributed by atoms with Gasteiger partial charge in [-0.2, -0.15) is 4.98 Å². The molecule has 53 heavy (non-hydrogen) atoms. The topological polar surface area (TPSA) is 83.0 Å². The number of rotatable bonds is 7. The second kappa shape index (κ2) is 12.2. The summed E-state index contributed by atoms with van der Waals surface area (Å²) >= 11 is 0. The average Bonchev–Trinajstić information content (AvgIpc) is 3.99. The second-order valence-electron chi connectivity index (χ2n) is 13.0. The lowest BCUT2D eigenvalue weighted by atomic mass is 10.0. The van der Waals surface area contributed by atoms with E-state index in [4.69, 9.17) is 28.2 Å². The smallest absolute Gasteiger partial charge is 0.307 e. The summed E-state index contributed by atoms with van der Waals surface area (Å²) in [6.07, 6.45) is 5.47. The number of para-hydroxylation sites is 2. The highest BCUT2D eigenvalue weighted by atomic mass is 16.4. The predicted octanol–water partition coefficient (Wildman–Crippen LogP) is 12.2. The van der Waals surface area contributed by atoms with E-state index in [1.807, 2.05) is 72.2 Å². The molecule has 0 saturated carbocycles. The molecule has 0 amide bonds. The number of nitrogens with zero attached hydrogens (tertiary/aromatic N) is 4. The molecule has 10 rings (SSSR count). The van der Waals surface area contributed by atoms with Crippen molar-refractivity contribution in [2.24, 2.45) is 0 Å². The Bertz CT molecular complexity index is 3000. The normalized spacial score (nSPS) is 11.9. The number of allylic oxidation sites excluding steroid dienone is 2. The van der Waals surface area contributed by atoms with Crippen LogP contribution in [-0.4, -0.2) is 19.5 Å². The van der Waals surface area contributed by atoms with Crippen LogP contribution in [0.1, 0.15) is 11.5 Å². The van der Waals surface area contributed by atoms with Gasteiger partial charge in [-0.25, -0.2) is 9.97 Å². The summed E-state index contributed by atoms with van der Waals surface area (Å²) in [5, 5.41) is 1.97. The quantitative estimate of drug-likeness (QED) is 0.155. The van der Waals surface area contributed by atoms with Crippen molar-refractivity contribution in [2.45, 2.75) is 6.92 Å². The van der Waals surface area contributed by atoms with Gasteiger partial charge in [0.15, 0.2) is 11.2 Å². The van der Waals surface area contributed by atoms with E-state index >= 15 is 0 Å². The molecule has 7 heteroatoms. The third-order valence-electron chi connectivity index (χ3n) is 9.67. The third-order valence-corrected chi connectivity index (χ3v) is 9.67. The van der Waals surface area contributed by atoms with Crippen molar-refractivity contribution < 1.29 is 13.3 Å². The molecule has 0 N–H and O–H groups in total. The highest BCUT2D eigenvalue weighted by Gasteiger charge is 2.21. The zero-order valence-electron chi connectivity index (χ0n) is 28.7. The Morgan fingerprint density at radius 3 is 1.77 bits per heavy atom. The van der Waals surface area contributed by atoms with Gasteiger partial charge in [-0.3, -0.25) is 4.57 Å². The summed E-state index contributed by atoms with van der Waals surface area (Å²) in [7, 11) is 0. The van der Waals surface area contributed by atoms with Gasteiger partial charge < -0.3 is 13.3 Å². The van der Waals surface area contributed by atoms with E-state index in [0.29, 0.717) is 23.6 Å². The molecule has 6 aromatic carbocycles. The molecule has 252 valence electrons. The minimum atomic E-state index is 0.472. The van der Waals surface area contributed by atoms with Crippen LogP contribution in [0.2, 0.25) is 0 Å². The summed E-state index contributed by atoms with van der Waals surface area (Å²) in [6, 6.07) is 45.8. The zero-order chi connectivity index (χ0) is 35.5. The maximum Gasteiger partial charge on any atom is 0.307 e. The monoisotopic (exact) mass is 686 g/mol. The predicted molar refractivity (Wildman–Crippen MR) is 212 cm³/mol. The van der Waals surface area contributed by atoms with Crippen LogP contribution in [0.4, 0.5) is 0 Å². The van der Waals surface area contributed by atoms with E-state index in [0.717, 1.165) is 72.0 Å². The van der Waals surface area contributed by atoms with E-state index < -0.39 is 0 Å². The van der Waals surface area contributed by atoms with Gasteiger partial charge in [0.05, 0.1) is 11.0 Å². The fraction of sp³-hybridized carbons (Fsp3) is 0.0217. The van der Waals surface area contributed by atoms with E-state index in [-0.39, 0.29) is 0 Å². The maximum atomic E-state index is 6.46. The molecule has 0 radical (unpaired) electrons. The summed E-state index contributed by atoms with van der Waals surface area (Å²) in [5.41, 5.74) is 11.9. The molecule has 7 nitrogen and oxygen atoms in total. The molecule has 0 aliphatic carbocycles. The summed E-state index contributed by atoms with van der Waals surface area (Å²) in [6.45, 7) is 5.70. The SMILES string of the molecule is C=C/C=C\c1nc(-n2c3ccc(-c4nc5ccccc5o4)cc3c3cc(-c4nc5ccc(-c6ccc(-c7ccccc7)cc6)cc5o4)ccc32)oc1C. The van der Waals surface area contributed by atoms with Gasteiger partial charge in [-0.1, -0.05) is 91.5 Å². The molecule has 0 saturated heterocycles. The first kappa shape index (κ1) is 30.6. The maximum absolute atomic E-state index is 6.46. The molecule has 0 aliphatic rings. The van der Waals surface area contributed by atoms with Crippen LogP contribution in [0.5, 0.6) is 0 Å². The van der Waals surface area contributed by atoms with Gasteiger partial charge in [0.1, 0.15) is 22.5 Å². The Kier molecular flexibility index (Phi) is 7.04. The molecule has 0 bridgehead atoms. The fourth-order valence-corrected chi connectivity index (χ4v) is 7.01. The number of aromatic nitrogens is 4. The molecule has 0 aliphatic heterocycles. The van der Waals surface area contributed by atoms with Crippen molar-refractivity contribution in [3.8, 4) is 51.2 Å². The minimum Gasteiger partial charge on any atom is -0.436 e. The first-order valence-electron chi connectivity index (χ1n) is 17.4. The van der Waals surface area contributed by atoms with Crippen molar-refractivity contribution in [1.82, 2.24) is 19.5 Å². The first-order chi connectivity index (χ1) is 26.1. The first-order valence-corrected chi connectivity index (χ1v) is 17.4. The Balaban J connectivity index is 1.08. The molecule has 0 atom stereocenters. The van der Waals surface area contributed by atoms with Crippen molar-refractivity contribution in [2.75, 3.05) is 0 Å². The molecule has 10 aromatic rings. The number of benzene rings is 6. The highest BCUT2D eigenvalue weighted by molar-refractivity contribution is 6.11. The van der Waals surface area contributed by atoms with E-state index in [1.54, 1.807) is 6.08 Å². The number of hydrogen-bond donors (Lipinski definition) is 0. The van der Waals surface area contributed by atoms with Crippen LogP contribution in [0, 0.1) is 6.92 Å². The number of aryl methyl sites for hydroxylation is 1. The fourth-order valence-electron chi connectivity index (χ4n) is 7.01. The van der Waals surface area contributed by atoms with Gasteiger partial charge in [-0.15, -0.1) is 0 Å². The molecule has 0 unspecified atom stereocenters. The van der Waals surface area contributed by atoms with Gasteiger partial charge in [0.2, 0.25) is 11.8 Å². The van der Waals surface area contributed by atoms with Crippen LogP contribution in [0.25, 0.3) is 101 Å². The largest absolute Gasteiger partial charge is 0.436 e. The number of fused-ring (bicyclic) bond motifs is 5. The molecular weight excluding hydrogens is 657 g/mol. The number of hydrogen-bond acceptors (Lipinski definition) is 6. The third kappa shape index (κ3) is 5.26. The standard InChI is InChI=1S/C46H30N4O3/c1-3-4-12-37-28(2)51-46(49-37)50-40-23-20-33(44-47-38-13-8-9-14-42(38)52-44)25-35(40)36-26-34(21-24-41(36)50)45-48-39-22-19-32(27-43(39)53-45)31-17-15-30(16-18-31)29-10-6-5-7-11-29/h3-27H,1H2,2H3/b12-4-. The van der Waals surface area contributed by atoms with E-state index in [1.165, 1.54) is 11.1 Å². The second-order valence-corrected chi connectivity index (χ2v) is 13.0. The lowest BCUT2D eigenvalue weighted by Gasteiger charge is -2.05. The molecule has 0 spiro atoms. The molecule has 4 aromatic heterocycles. The van der Waals surface area contributed by atoms with Crippen molar-refractivity contribution >= 4 is 50.1 Å². The zero-order valence-corrected chi connectivity index (χ0v) is 28.7. The van der Waals surface area contributed by atoms with Gasteiger partial charge in [0, 0.05) is 21.9 Å². The summed E-state index contributed by atoms with van der Waals surface area (Å²) in [5.74, 6) is 1.81. The van der Waals surface area contributed by atoms with Gasteiger partial charge in [-0.05, 0) is 95.9 Å². The minimum absolute atomic E-state index is 0.472. The summed E-state index contributed by atoms with van der Waals surface area (Å²) < 4.78 is 20.9. The van der Waals surface area contributed by atoms with Crippen molar-refractivity contribution in [3.63, 3.8) is 0 Å². The number of oxazole rings is 3. The van der Waals surface area contributed by atoms with Crippen LogP contribution in [0.3, 0.4) is 0 Å². The van der Waals surface area contributed by atoms with Gasteiger partial charge >= 0.3 is 6.01 Å². The molecular formula is C46H30N4O3. The van der Waals surface area contributed by atoms with Crippen LogP contribution in [0.15, 0.2) is 165 Å². The molecule has 4 heterocycles. The van der Waals surface area contributed by atoms with Crippen LogP contribution in [-0.2, 0) is 0 Å². The van der Waals surface area contributed by atoms with E-state index in [2.05, 4.69) is 91.5 Å². The Morgan fingerprint density at radius 2 is 1.09 bits per heavy atom. The average molecular weight is 687 g/mol. The van der Waals surface area contributed by atoms with Crippen LogP contribution >= 0.6 is 0 Å². The van der Waals surface area contributed by atoms with Crippen LogP contribution < -0.4 is 0 Å². The lowest BCUT2D eigenvalue weighted by Crippen LogP contribution is -1.94. The van der Waals surface area contributed by atoms with E-state index in [9.17, 15) is 0 Å². The highest BCUT2D eigenvalue weighted by Crippen LogP contribution is 2.38. The Labute approximate surface area is 303 Å². The summed E-state index contributed by atoms with van der Waals surface area (Å²) in [4.78, 5) is 14.5.